The Morgan fingerprint density at radius 3 is 1.62 bits per heavy atom. The Morgan fingerprint density at radius 2 is 1.25 bits per heavy atom. The van der Waals surface area contributed by atoms with E-state index in [1.54, 1.807) is 12.2 Å². The fourth-order valence-electron chi connectivity index (χ4n) is 1.50. The highest BCUT2D eigenvalue weighted by atomic mass is 14.8. The molecule has 16 heavy (non-hydrogen) atoms. The van der Waals surface area contributed by atoms with Crippen LogP contribution in [0.3, 0.4) is 0 Å². The molecule has 0 unspecified atom stereocenters. The molecule has 0 aliphatic heterocycles. The van der Waals surface area contributed by atoms with Crippen molar-refractivity contribution in [3.05, 3.63) is 60.3 Å². The molecule has 1 aromatic carbocycles. The van der Waals surface area contributed by atoms with Crippen molar-refractivity contribution in [2.45, 2.75) is 0 Å². The van der Waals surface area contributed by atoms with Crippen LogP contribution in [-0.4, -0.2) is 9.97 Å². The van der Waals surface area contributed by atoms with Gasteiger partial charge < -0.3 is 0 Å². The lowest BCUT2D eigenvalue weighted by atomic mass is 10.3. The van der Waals surface area contributed by atoms with E-state index in [1.807, 2.05) is 36.4 Å². The summed E-state index contributed by atoms with van der Waals surface area (Å²) in [6, 6.07) is 7.79. The van der Waals surface area contributed by atoms with Crippen LogP contribution in [0.5, 0.6) is 0 Å². The minimum Gasteiger partial charge on any atom is -0.245 e. The van der Waals surface area contributed by atoms with Crippen LogP contribution in [0.1, 0.15) is 0 Å². The minimum atomic E-state index is 0.814. The fourth-order valence-corrected chi connectivity index (χ4v) is 1.50. The molecular formula is C14H12N2. The summed E-state index contributed by atoms with van der Waals surface area (Å²) in [6.45, 7) is 7.35. The van der Waals surface area contributed by atoms with Gasteiger partial charge in [0, 0.05) is 0 Å². The second-order valence-electron chi connectivity index (χ2n) is 3.29. The molecule has 0 atom stereocenters. The third kappa shape index (κ3) is 1.91. The van der Waals surface area contributed by atoms with Crippen molar-refractivity contribution in [1.29, 1.82) is 0 Å². The Balaban J connectivity index is 2.92. The molecule has 1 heterocycles. The van der Waals surface area contributed by atoms with Gasteiger partial charge in [-0.2, -0.15) is 0 Å². The number of rotatable bonds is 2. The first-order valence-electron chi connectivity index (χ1n) is 5.03. The number of hydrogen-bond donors (Lipinski definition) is 0. The Kier molecular flexibility index (Phi) is 2.92. The number of allylic oxidation sites excluding steroid dienone is 2. The van der Waals surface area contributed by atoms with Gasteiger partial charge in [-0.05, 0) is 24.3 Å². The summed E-state index contributed by atoms with van der Waals surface area (Å²) >= 11 is 0. The highest BCUT2D eigenvalue weighted by Gasteiger charge is 1.95. The molecule has 1 aromatic heterocycles. The molecule has 0 amide bonds. The number of hydrogen-bond acceptors (Lipinski definition) is 2. The Hall–Kier alpha value is -2.22. The van der Waals surface area contributed by atoms with Crippen molar-refractivity contribution in [3.8, 4) is 0 Å². The molecule has 0 radical (unpaired) electrons. The van der Waals surface area contributed by atoms with Crippen molar-refractivity contribution >= 4 is 23.2 Å². The van der Waals surface area contributed by atoms with Crippen LogP contribution in [0.2, 0.25) is 0 Å². The van der Waals surface area contributed by atoms with E-state index in [0.717, 1.165) is 21.7 Å². The first-order valence-corrected chi connectivity index (χ1v) is 5.03. The van der Waals surface area contributed by atoms with Gasteiger partial charge >= 0.3 is 0 Å². The topological polar surface area (TPSA) is 25.8 Å². The molecule has 0 fully saturated rings. The van der Waals surface area contributed by atoms with Crippen molar-refractivity contribution < 1.29 is 0 Å². The quantitative estimate of drug-likeness (QED) is 0.748. The molecule has 78 valence electrons. The van der Waals surface area contributed by atoms with E-state index < -0.39 is 0 Å². The van der Waals surface area contributed by atoms with Gasteiger partial charge in [0.15, 0.2) is 0 Å². The van der Waals surface area contributed by atoms with Crippen LogP contribution < -0.4 is 10.7 Å². The Labute approximate surface area is 94.0 Å². The van der Waals surface area contributed by atoms with Gasteiger partial charge in [-0.1, -0.05) is 37.4 Å². The predicted octanol–water partition coefficient (Wildman–Crippen LogP) is 1.56. The average molecular weight is 208 g/mol. The summed E-state index contributed by atoms with van der Waals surface area (Å²) in [4.78, 5) is 9.03. The molecule has 0 bridgehead atoms. The maximum atomic E-state index is 4.52. The first-order chi connectivity index (χ1) is 7.85. The number of aromatic nitrogens is 2. The maximum absolute atomic E-state index is 4.52. The van der Waals surface area contributed by atoms with Gasteiger partial charge in [0.1, 0.15) is 0 Å². The van der Waals surface area contributed by atoms with Crippen molar-refractivity contribution in [2.75, 3.05) is 0 Å². The number of para-hydroxylation sites is 2. The first kappa shape index (κ1) is 10.3. The SMILES string of the molecule is C=C/C=c1/nc2ccccc2n/c1=C/C=C. The molecule has 2 aromatic rings. The highest BCUT2D eigenvalue weighted by Crippen LogP contribution is 2.02. The van der Waals surface area contributed by atoms with Gasteiger partial charge in [0.2, 0.25) is 0 Å². The molecule has 0 aliphatic rings. The molecular weight excluding hydrogens is 196 g/mol. The lowest BCUT2D eigenvalue weighted by Crippen LogP contribution is -2.31. The number of fused-ring (bicyclic) bond motifs is 1. The van der Waals surface area contributed by atoms with E-state index >= 15 is 0 Å². The zero-order valence-corrected chi connectivity index (χ0v) is 8.93. The van der Waals surface area contributed by atoms with Crippen LogP contribution in [-0.2, 0) is 0 Å². The molecule has 0 N–H and O–H groups in total. The van der Waals surface area contributed by atoms with Gasteiger partial charge in [-0.15, -0.1) is 0 Å². The third-order valence-corrected chi connectivity index (χ3v) is 2.18. The van der Waals surface area contributed by atoms with Crippen LogP contribution in [0.15, 0.2) is 49.6 Å². The van der Waals surface area contributed by atoms with Crippen LogP contribution >= 0.6 is 0 Å². The van der Waals surface area contributed by atoms with E-state index in [9.17, 15) is 0 Å². The monoisotopic (exact) mass is 208 g/mol. The van der Waals surface area contributed by atoms with Crippen LogP contribution in [0.4, 0.5) is 0 Å². The van der Waals surface area contributed by atoms with Gasteiger partial charge in [0.25, 0.3) is 0 Å². The molecule has 0 spiro atoms. The molecule has 0 saturated heterocycles. The predicted molar refractivity (Wildman–Crippen MR) is 68.1 cm³/mol. The van der Waals surface area contributed by atoms with Gasteiger partial charge in [-0.25, -0.2) is 9.97 Å². The number of nitrogens with zero attached hydrogens (tertiary/aromatic N) is 2. The van der Waals surface area contributed by atoms with Crippen LogP contribution in [0, 0.1) is 0 Å². The number of benzene rings is 1. The van der Waals surface area contributed by atoms with Gasteiger partial charge in [0.05, 0.1) is 21.7 Å². The van der Waals surface area contributed by atoms with E-state index in [4.69, 9.17) is 0 Å². The molecule has 2 rings (SSSR count). The lowest BCUT2D eigenvalue weighted by Gasteiger charge is -1.96. The van der Waals surface area contributed by atoms with E-state index in [1.165, 1.54) is 0 Å². The molecule has 2 heteroatoms. The minimum absolute atomic E-state index is 0.814. The highest BCUT2D eigenvalue weighted by molar-refractivity contribution is 5.73. The largest absolute Gasteiger partial charge is 0.245 e. The van der Waals surface area contributed by atoms with Crippen molar-refractivity contribution in [2.24, 2.45) is 0 Å². The normalized spacial score (nSPS) is 13.0. The summed E-state index contributed by atoms with van der Waals surface area (Å²) < 4.78 is 0. The van der Waals surface area contributed by atoms with Crippen molar-refractivity contribution in [1.82, 2.24) is 9.97 Å². The summed E-state index contributed by atoms with van der Waals surface area (Å²) in [6.07, 6.45) is 7.10. The molecule has 0 saturated carbocycles. The summed E-state index contributed by atoms with van der Waals surface area (Å²) in [7, 11) is 0. The zero-order valence-electron chi connectivity index (χ0n) is 8.93. The standard InChI is InChI=1S/C14H12N2/c1-3-7-11-12(8-4-2)16-14-10-6-5-9-13(14)15-11/h3-10H,1-2H2/b11-7+,12-8+. The smallest absolute Gasteiger partial charge is 0.0894 e. The Bertz CT molecular complexity index is 595. The Morgan fingerprint density at radius 1 is 0.812 bits per heavy atom. The summed E-state index contributed by atoms with van der Waals surface area (Å²) in [5.41, 5.74) is 1.77. The zero-order chi connectivity index (χ0) is 11.4. The van der Waals surface area contributed by atoms with E-state index in [0.29, 0.717) is 0 Å². The second-order valence-corrected chi connectivity index (χ2v) is 3.29. The van der Waals surface area contributed by atoms with Gasteiger partial charge in [-0.3, -0.25) is 0 Å². The maximum Gasteiger partial charge on any atom is 0.0894 e. The van der Waals surface area contributed by atoms with E-state index in [2.05, 4.69) is 23.1 Å². The van der Waals surface area contributed by atoms with Crippen molar-refractivity contribution in [3.63, 3.8) is 0 Å². The molecule has 2 nitrogen and oxygen atoms in total. The lowest BCUT2D eigenvalue weighted by molar-refractivity contribution is 1.17. The molecule has 0 aliphatic carbocycles. The average Bonchev–Trinajstić information content (AvgIpc) is 2.30. The third-order valence-electron chi connectivity index (χ3n) is 2.18. The van der Waals surface area contributed by atoms with Crippen LogP contribution in [0.25, 0.3) is 23.2 Å². The second kappa shape index (κ2) is 4.53. The van der Waals surface area contributed by atoms with E-state index in [-0.39, 0.29) is 0 Å². The fraction of sp³-hybridized carbons (Fsp3) is 0. The summed E-state index contributed by atoms with van der Waals surface area (Å²) in [5, 5.41) is 1.63. The summed E-state index contributed by atoms with van der Waals surface area (Å²) in [5.74, 6) is 0.